The summed E-state index contributed by atoms with van der Waals surface area (Å²) in [5.41, 5.74) is 0.254. The van der Waals surface area contributed by atoms with E-state index in [9.17, 15) is 5.11 Å². The molecule has 1 fully saturated rings. The van der Waals surface area contributed by atoms with Crippen LogP contribution in [0.4, 0.5) is 0 Å². The minimum atomic E-state index is -0.996. The van der Waals surface area contributed by atoms with Crippen molar-refractivity contribution in [1.29, 1.82) is 0 Å². The van der Waals surface area contributed by atoms with E-state index in [0.29, 0.717) is 6.61 Å². The van der Waals surface area contributed by atoms with Gasteiger partial charge in [-0.15, -0.1) is 0 Å². The predicted molar refractivity (Wildman–Crippen MR) is 56.1 cm³/mol. The molecule has 1 atom stereocenters. The van der Waals surface area contributed by atoms with Crippen molar-refractivity contribution in [3.63, 3.8) is 0 Å². The molecule has 0 aromatic heterocycles. The van der Waals surface area contributed by atoms with Gasteiger partial charge in [-0.2, -0.15) is 0 Å². The second-order valence-electron chi connectivity index (χ2n) is 5.82. The lowest BCUT2D eigenvalue weighted by atomic mass is 9.88. The first-order valence-corrected chi connectivity index (χ1v) is 8.69. The molecule has 12 heavy (non-hydrogen) atoms. The monoisotopic (exact) mass is 186 g/mol. The van der Waals surface area contributed by atoms with Gasteiger partial charge in [0.05, 0.1) is 0 Å². The molecule has 0 aromatic rings. The summed E-state index contributed by atoms with van der Waals surface area (Å²) in [7, 11) is -0.996. The Bertz CT molecular complexity index is 158. The van der Waals surface area contributed by atoms with Crippen LogP contribution in [0, 0.1) is 11.3 Å². The topological polar surface area (TPSA) is 20.2 Å². The zero-order chi connectivity index (χ0) is 9.41. The van der Waals surface area contributed by atoms with Gasteiger partial charge in [-0.05, 0) is 30.2 Å². The third-order valence-electron chi connectivity index (χ3n) is 2.86. The first-order chi connectivity index (χ1) is 5.37. The minimum Gasteiger partial charge on any atom is -0.396 e. The number of hydrogen-bond donors (Lipinski definition) is 1. The number of hydrogen-bond acceptors (Lipinski definition) is 1. The average Bonchev–Trinajstić information content (AvgIpc) is 2.64. The van der Waals surface area contributed by atoms with Crippen LogP contribution in [0.25, 0.3) is 0 Å². The summed E-state index contributed by atoms with van der Waals surface area (Å²) in [5.74, 6) is 0.828. The van der Waals surface area contributed by atoms with Gasteiger partial charge in [-0.1, -0.05) is 26.6 Å². The Morgan fingerprint density at radius 1 is 1.33 bits per heavy atom. The van der Waals surface area contributed by atoms with Crippen molar-refractivity contribution in [2.24, 2.45) is 11.3 Å². The first-order valence-electron chi connectivity index (χ1n) is 4.98. The summed E-state index contributed by atoms with van der Waals surface area (Å²) >= 11 is 0. The van der Waals surface area contributed by atoms with Gasteiger partial charge in [0.15, 0.2) is 0 Å². The van der Waals surface area contributed by atoms with Crippen molar-refractivity contribution >= 4 is 8.07 Å². The molecule has 0 aromatic carbocycles. The van der Waals surface area contributed by atoms with E-state index in [2.05, 4.69) is 26.6 Å². The fourth-order valence-corrected chi connectivity index (χ4v) is 5.14. The first kappa shape index (κ1) is 10.3. The van der Waals surface area contributed by atoms with Crippen molar-refractivity contribution in [3.8, 4) is 0 Å². The highest BCUT2D eigenvalue weighted by Crippen LogP contribution is 2.49. The Morgan fingerprint density at radius 3 is 2.08 bits per heavy atom. The van der Waals surface area contributed by atoms with E-state index in [4.69, 9.17) is 0 Å². The van der Waals surface area contributed by atoms with Crippen LogP contribution in [0.5, 0.6) is 0 Å². The molecule has 0 bridgehead atoms. The molecule has 2 heteroatoms. The maximum Gasteiger partial charge on any atom is 0.0484 e. The molecule has 1 aliphatic rings. The van der Waals surface area contributed by atoms with Crippen LogP contribution >= 0.6 is 0 Å². The molecule has 1 N–H and O–H groups in total. The molecule has 1 aliphatic carbocycles. The van der Waals surface area contributed by atoms with Crippen LogP contribution in [0.2, 0.25) is 25.7 Å². The third kappa shape index (κ3) is 2.59. The molecule has 72 valence electrons. The summed E-state index contributed by atoms with van der Waals surface area (Å²) in [4.78, 5) is 0. The molecule has 0 saturated heterocycles. The van der Waals surface area contributed by atoms with Gasteiger partial charge in [0.25, 0.3) is 0 Å². The van der Waals surface area contributed by atoms with Gasteiger partial charge in [0, 0.05) is 14.7 Å². The molecule has 0 amide bonds. The Balaban J connectivity index is 2.54. The zero-order valence-electron chi connectivity index (χ0n) is 8.85. The molecular formula is C10H22OSi. The fraction of sp³-hybridized carbons (Fsp3) is 1.00. The molecule has 1 saturated carbocycles. The Hall–Kier alpha value is 0.177. The van der Waals surface area contributed by atoms with E-state index in [1.807, 2.05) is 0 Å². The third-order valence-corrected chi connectivity index (χ3v) is 4.73. The van der Waals surface area contributed by atoms with Crippen LogP contribution in [-0.2, 0) is 0 Å². The van der Waals surface area contributed by atoms with Crippen LogP contribution in [0.1, 0.15) is 19.8 Å². The van der Waals surface area contributed by atoms with Crippen molar-refractivity contribution in [2.45, 2.75) is 45.5 Å². The Kier molecular flexibility index (Phi) is 2.69. The van der Waals surface area contributed by atoms with Gasteiger partial charge in [0.2, 0.25) is 0 Å². The Morgan fingerprint density at radius 2 is 1.83 bits per heavy atom. The molecule has 1 unspecified atom stereocenters. The van der Waals surface area contributed by atoms with E-state index < -0.39 is 8.07 Å². The van der Waals surface area contributed by atoms with E-state index in [-0.39, 0.29) is 5.41 Å². The largest absolute Gasteiger partial charge is 0.396 e. The number of aliphatic hydroxyl groups is 1. The van der Waals surface area contributed by atoms with E-state index >= 15 is 0 Å². The predicted octanol–water partition coefficient (Wildman–Crippen LogP) is 2.73. The second-order valence-corrected chi connectivity index (χ2v) is 11.3. The van der Waals surface area contributed by atoms with Crippen LogP contribution in [0.3, 0.4) is 0 Å². The van der Waals surface area contributed by atoms with Gasteiger partial charge < -0.3 is 5.11 Å². The van der Waals surface area contributed by atoms with Gasteiger partial charge in [-0.3, -0.25) is 0 Å². The molecule has 0 spiro atoms. The van der Waals surface area contributed by atoms with Gasteiger partial charge >= 0.3 is 0 Å². The van der Waals surface area contributed by atoms with Gasteiger partial charge in [-0.25, -0.2) is 0 Å². The van der Waals surface area contributed by atoms with Crippen LogP contribution < -0.4 is 0 Å². The summed E-state index contributed by atoms with van der Waals surface area (Å²) in [6.07, 6.45) is 2.70. The smallest absolute Gasteiger partial charge is 0.0484 e. The van der Waals surface area contributed by atoms with Gasteiger partial charge in [0.1, 0.15) is 0 Å². The molecule has 1 rings (SSSR count). The number of rotatable bonds is 4. The van der Waals surface area contributed by atoms with E-state index in [1.54, 1.807) is 0 Å². The van der Waals surface area contributed by atoms with E-state index in [1.165, 1.54) is 18.9 Å². The highest BCUT2D eigenvalue weighted by Gasteiger charge is 2.43. The number of aliphatic hydroxyl groups excluding tert-OH is 1. The summed E-state index contributed by atoms with van der Waals surface area (Å²) in [6.45, 7) is 9.83. The lowest BCUT2D eigenvalue weighted by Crippen LogP contribution is -2.34. The molecular weight excluding hydrogens is 164 g/mol. The summed E-state index contributed by atoms with van der Waals surface area (Å²) < 4.78 is 0. The lowest BCUT2D eigenvalue weighted by Gasteiger charge is -2.33. The van der Waals surface area contributed by atoms with Crippen LogP contribution in [0.15, 0.2) is 0 Å². The minimum absolute atomic E-state index is 0.254. The summed E-state index contributed by atoms with van der Waals surface area (Å²) in [6, 6.07) is 1.28. The average molecular weight is 186 g/mol. The maximum absolute atomic E-state index is 9.38. The Labute approximate surface area is 77.2 Å². The SMILES string of the molecule is CC(CO)(C[Si](C)(C)C)C1CC1. The van der Waals surface area contributed by atoms with E-state index in [0.717, 1.165) is 5.92 Å². The highest BCUT2D eigenvalue weighted by molar-refractivity contribution is 6.76. The zero-order valence-corrected chi connectivity index (χ0v) is 9.85. The second kappa shape index (κ2) is 3.15. The lowest BCUT2D eigenvalue weighted by molar-refractivity contribution is 0.136. The standard InChI is InChI=1S/C10H22OSi/c1-10(7-11,9-5-6-9)8-12(2,3)4/h9,11H,5-8H2,1-4H3. The van der Waals surface area contributed by atoms with Crippen LogP contribution in [-0.4, -0.2) is 19.8 Å². The maximum atomic E-state index is 9.38. The highest BCUT2D eigenvalue weighted by atomic mass is 28.3. The normalized spacial score (nSPS) is 23.8. The molecule has 1 nitrogen and oxygen atoms in total. The molecule has 0 radical (unpaired) electrons. The quantitative estimate of drug-likeness (QED) is 0.669. The molecule has 0 heterocycles. The van der Waals surface area contributed by atoms with Crippen molar-refractivity contribution in [2.75, 3.05) is 6.61 Å². The van der Waals surface area contributed by atoms with Crippen molar-refractivity contribution in [1.82, 2.24) is 0 Å². The molecule has 0 aliphatic heterocycles. The summed E-state index contributed by atoms with van der Waals surface area (Å²) in [5, 5.41) is 9.38. The van der Waals surface area contributed by atoms with Crippen molar-refractivity contribution < 1.29 is 5.11 Å². The fourth-order valence-electron chi connectivity index (χ4n) is 2.32. The van der Waals surface area contributed by atoms with Crippen molar-refractivity contribution in [3.05, 3.63) is 0 Å².